The summed E-state index contributed by atoms with van der Waals surface area (Å²) in [5, 5.41) is 9.67. The third-order valence-corrected chi connectivity index (χ3v) is 4.30. The fourth-order valence-electron chi connectivity index (χ4n) is 1.89. The standard InChI is InChI=1S/C16H25N5OS/c1-6-14-21-11(10-23-14)7-19-15(17-5)20-9-13-18-8-12(22-13)16(2,3)4/h8,10H,6-7,9H2,1-5H3,(H2,17,19,20). The van der Waals surface area contributed by atoms with Crippen LogP contribution in [0.15, 0.2) is 21.0 Å². The van der Waals surface area contributed by atoms with Crippen LogP contribution in [0.1, 0.15) is 50.0 Å². The molecule has 0 radical (unpaired) electrons. The van der Waals surface area contributed by atoms with Crippen molar-refractivity contribution < 1.29 is 4.42 Å². The minimum absolute atomic E-state index is 0.0349. The maximum atomic E-state index is 5.76. The molecule has 0 aliphatic carbocycles. The molecule has 0 aromatic carbocycles. The molecule has 0 fully saturated rings. The van der Waals surface area contributed by atoms with Crippen molar-refractivity contribution in [3.63, 3.8) is 0 Å². The monoisotopic (exact) mass is 335 g/mol. The zero-order valence-electron chi connectivity index (χ0n) is 14.4. The number of aromatic nitrogens is 2. The van der Waals surface area contributed by atoms with Crippen LogP contribution in [0.25, 0.3) is 0 Å². The van der Waals surface area contributed by atoms with E-state index in [9.17, 15) is 0 Å². The van der Waals surface area contributed by atoms with E-state index in [0.29, 0.717) is 24.9 Å². The molecule has 0 aliphatic heterocycles. The number of hydrogen-bond donors (Lipinski definition) is 2. The number of rotatable bonds is 5. The predicted molar refractivity (Wildman–Crippen MR) is 93.7 cm³/mol. The van der Waals surface area contributed by atoms with Crippen LogP contribution in [0, 0.1) is 0 Å². The molecule has 0 saturated carbocycles. The Hall–Kier alpha value is -1.89. The van der Waals surface area contributed by atoms with E-state index in [1.165, 1.54) is 0 Å². The molecule has 0 bridgehead atoms. The SMILES string of the molecule is CCc1nc(CNC(=NC)NCc2ncc(C(C)(C)C)o2)cs1. The highest BCUT2D eigenvalue weighted by molar-refractivity contribution is 7.09. The molecule has 2 aromatic heterocycles. The lowest BCUT2D eigenvalue weighted by Gasteiger charge is -2.13. The van der Waals surface area contributed by atoms with E-state index >= 15 is 0 Å². The summed E-state index contributed by atoms with van der Waals surface area (Å²) in [7, 11) is 1.74. The number of aliphatic imine (C=N–C) groups is 1. The van der Waals surface area contributed by atoms with Gasteiger partial charge in [-0.15, -0.1) is 11.3 Å². The van der Waals surface area contributed by atoms with Crippen molar-refractivity contribution >= 4 is 17.3 Å². The maximum absolute atomic E-state index is 5.76. The molecule has 23 heavy (non-hydrogen) atoms. The average Bonchev–Trinajstić information content (AvgIpc) is 3.15. The Morgan fingerprint density at radius 2 is 2.04 bits per heavy atom. The molecule has 0 aliphatic rings. The van der Waals surface area contributed by atoms with Gasteiger partial charge in [-0.2, -0.15) is 0 Å². The van der Waals surface area contributed by atoms with Gasteiger partial charge >= 0.3 is 0 Å². The second kappa shape index (κ2) is 7.59. The third-order valence-electron chi connectivity index (χ3n) is 3.26. The Balaban J connectivity index is 1.84. The second-order valence-electron chi connectivity index (χ2n) is 6.23. The Labute approximate surface area is 141 Å². The highest BCUT2D eigenvalue weighted by Crippen LogP contribution is 2.22. The first kappa shape index (κ1) is 17.5. The van der Waals surface area contributed by atoms with Crippen LogP contribution < -0.4 is 10.6 Å². The first-order chi connectivity index (χ1) is 10.9. The molecule has 0 unspecified atom stereocenters. The quantitative estimate of drug-likeness (QED) is 0.649. The van der Waals surface area contributed by atoms with E-state index in [-0.39, 0.29) is 5.41 Å². The van der Waals surface area contributed by atoms with E-state index in [0.717, 1.165) is 22.9 Å². The lowest BCUT2D eigenvalue weighted by Crippen LogP contribution is -2.36. The lowest BCUT2D eigenvalue weighted by atomic mass is 9.94. The van der Waals surface area contributed by atoms with Crippen molar-refractivity contribution in [1.29, 1.82) is 0 Å². The minimum Gasteiger partial charge on any atom is -0.443 e. The van der Waals surface area contributed by atoms with Gasteiger partial charge in [0.15, 0.2) is 5.96 Å². The van der Waals surface area contributed by atoms with E-state index < -0.39 is 0 Å². The van der Waals surface area contributed by atoms with Gasteiger partial charge in [0, 0.05) is 17.8 Å². The third kappa shape index (κ3) is 5.06. The van der Waals surface area contributed by atoms with Crippen LogP contribution in [0.5, 0.6) is 0 Å². The summed E-state index contributed by atoms with van der Waals surface area (Å²) in [6, 6.07) is 0. The number of guanidine groups is 1. The molecule has 2 rings (SSSR count). The zero-order valence-corrected chi connectivity index (χ0v) is 15.3. The first-order valence-corrected chi connectivity index (χ1v) is 8.63. The molecule has 0 atom stereocenters. The van der Waals surface area contributed by atoms with Gasteiger partial charge in [0.05, 0.1) is 30.0 Å². The van der Waals surface area contributed by atoms with Crippen molar-refractivity contribution in [2.45, 2.75) is 52.6 Å². The lowest BCUT2D eigenvalue weighted by molar-refractivity contribution is 0.379. The van der Waals surface area contributed by atoms with Crippen LogP contribution in [0.2, 0.25) is 0 Å². The van der Waals surface area contributed by atoms with Gasteiger partial charge in [0.2, 0.25) is 5.89 Å². The molecule has 0 saturated heterocycles. The van der Waals surface area contributed by atoms with Crippen LogP contribution >= 0.6 is 11.3 Å². The number of hydrogen-bond acceptors (Lipinski definition) is 5. The van der Waals surface area contributed by atoms with Gasteiger partial charge in [0.25, 0.3) is 0 Å². The van der Waals surface area contributed by atoms with Crippen molar-refractivity contribution in [3.05, 3.63) is 33.9 Å². The minimum atomic E-state index is -0.0349. The number of aryl methyl sites for hydroxylation is 1. The molecule has 2 N–H and O–H groups in total. The Morgan fingerprint density at radius 3 is 2.61 bits per heavy atom. The summed E-state index contributed by atoms with van der Waals surface area (Å²) in [4.78, 5) is 13.0. The van der Waals surface area contributed by atoms with E-state index in [1.54, 1.807) is 24.6 Å². The summed E-state index contributed by atoms with van der Waals surface area (Å²) in [5.74, 6) is 2.23. The predicted octanol–water partition coefficient (Wildman–Crippen LogP) is 2.86. The molecule has 0 spiro atoms. The summed E-state index contributed by atoms with van der Waals surface area (Å²) in [6.07, 6.45) is 2.76. The highest BCUT2D eigenvalue weighted by atomic mass is 32.1. The summed E-state index contributed by atoms with van der Waals surface area (Å²) in [6.45, 7) is 9.55. The highest BCUT2D eigenvalue weighted by Gasteiger charge is 2.19. The molecular formula is C16H25N5OS. The van der Waals surface area contributed by atoms with E-state index in [2.05, 4.69) is 58.7 Å². The second-order valence-corrected chi connectivity index (χ2v) is 7.18. The molecule has 126 valence electrons. The van der Waals surface area contributed by atoms with Crippen LogP contribution in [-0.4, -0.2) is 23.0 Å². The van der Waals surface area contributed by atoms with E-state index in [4.69, 9.17) is 4.42 Å². The van der Waals surface area contributed by atoms with Gasteiger partial charge < -0.3 is 15.1 Å². The molecule has 2 heterocycles. The Morgan fingerprint density at radius 1 is 1.30 bits per heavy atom. The van der Waals surface area contributed by atoms with Crippen molar-refractivity contribution in [2.75, 3.05) is 7.05 Å². The van der Waals surface area contributed by atoms with Crippen LogP contribution in [0.4, 0.5) is 0 Å². The molecule has 6 nitrogen and oxygen atoms in total. The largest absolute Gasteiger partial charge is 0.443 e. The topological polar surface area (TPSA) is 75.3 Å². The summed E-state index contributed by atoms with van der Waals surface area (Å²) in [5.41, 5.74) is 0.994. The van der Waals surface area contributed by atoms with Gasteiger partial charge in [-0.1, -0.05) is 27.7 Å². The maximum Gasteiger partial charge on any atom is 0.213 e. The summed E-state index contributed by atoms with van der Waals surface area (Å²) < 4.78 is 5.76. The fourth-order valence-corrected chi connectivity index (χ4v) is 2.63. The zero-order chi connectivity index (χ0) is 16.9. The fraction of sp³-hybridized carbons (Fsp3) is 0.562. The van der Waals surface area contributed by atoms with Crippen LogP contribution in [0.3, 0.4) is 0 Å². The van der Waals surface area contributed by atoms with E-state index in [1.807, 2.05) is 0 Å². The Kier molecular flexibility index (Phi) is 5.76. The smallest absolute Gasteiger partial charge is 0.213 e. The molecular weight excluding hydrogens is 310 g/mol. The first-order valence-electron chi connectivity index (χ1n) is 7.75. The van der Waals surface area contributed by atoms with Gasteiger partial charge in [0.1, 0.15) is 5.76 Å². The van der Waals surface area contributed by atoms with Crippen LogP contribution in [-0.2, 0) is 24.9 Å². The van der Waals surface area contributed by atoms with Crippen molar-refractivity contribution in [2.24, 2.45) is 4.99 Å². The van der Waals surface area contributed by atoms with Gasteiger partial charge in [-0.25, -0.2) is 9.97 Å². The number of nitrogens with zero attached hydrogens (tertiary/aromatic N) is 3. The normalized spacial score (nSPS) is 12.5. The van der Waals surface area contributed by atoms with Crippen molar-refractivity contribution in [1.82, 2.24) is 20.6 Å². The number of thiazole rings is 1. The Bertz CT molecular complexity index is 653. The van der Waals surface area contributed by atoms with Gasteiger partial charge in [-0.05, 0) is 6.42 Å². The van der Waals surface area contributed by atoms with Crippen molar-refractivity contribution in [3.8, 4) is 0 Å². The molecule has 7 heteroatoms. The molecule has 2 aromatic rings. The number of nitrogens with one attached hydrogen (secondary N) is 2. The van der Waals surface area contributed by atoms with Gasteiger partial charge in [-0.3, -0.25) is 4.99 Å². The number of oxazole rings is 1. The average molecular weight is 335 g/mol. The summed E-state index contributed by atoms with van der Waals surface area (Å²) >= 11 is 1.69. The molecule has 0 amide bonds.